The lowest BCUT2D eigenvalue weighted by atomic mass is 9.78. The Morgan fingerprint density at radius 1 is 1.25 bits per heavy atom. The molecule has 2 heterocycles. The molecule has 118 valence electrons. The molecule has 0 bridgehead atoms. The number of halogens is 1. The smallest absolute Gasteiger partial charge is 0.234 e. The summed E-state index contributed by atoms with van der Waals surface area (Å²) < 4.78 is 0. The van der Waals surface area contributed by atoms with E-state index in [2.05, 4.69) is 36.3 Å². The Morgan fingerprint density at radius 2 is 1.90 bits per heavy atom. The number of likely N-dealkylation sites (tertiary alicyclic amines) is 1. The van der Waals surface area contributed by atoms with Crippen LogP contribution in [0.2, 0.25) is 0 Å². The Bertz CT molecular complexity index is 316. The molecule has 2 rings (SSSR count). The first-order chi connectivity index (χ1) is 9.01. The first kappa shape index (κ1) is 17.7. The van der Waals surface area contributed by atoms with Crippen molar-refractivity contribution in [2.24, 2.45) is 11.3 Å². The standard InChI is InChI=1S/C15H29N3O.ClH/c1-12(2)13(3)17-14(19)10-18-9-6-15(11-18)4-7-16-8-5-15;/h12-13,16H,4-11H2,1-3H3,(H,17,19);1H. The van der Waals surface area contributed by atoms with E-state index in [-0.39, 0.29) is 24.4 Å². The molecule has 20 heavy (non-hydrogen) atoms. The minimum Gasteiger partial charge on any atom is -0.352 e. The van der Waals surface area contributed by atoms with E-state index in [0.29, 0.717) is 17.9 Å². The van der Waals surface area contributed by atoms with Crippen LogP contribution in [0.1, 0.15) is 40.0 Å². The highest BCUT2D eigenvalue weighted by Gasteiger charge is 2.39. The number of carbonyl (C=O) groups excluding carboxylic acids is 1. The third kappa shape index (κ3) is 4.61. The number of nitrogens with zero attached hydrogens (tertiary/aromatic N) is 1. The van der Waals surface area contributed by atoms with Crippen LogP contribution in [-0.4, -0.2) is 49.6 Å². The Hall–Kier alpha value is -0.320. The summed E-state index contributed by atoms with van der Waals surface area (Å²) in [4.78, 5) is 14.4. The predicted molar refractivity (Wildman–Crippen MR) is 85.3 cm³/mol. The van der Waals surface area contributed by atoms with Gasteiger partial charge < -0.3 is 10.6 Å². The zero-order chi connectivity index (χ0) is 13.9. The summed E-state index contributed by atoms with van der Waals surface area (Å²) in [6.07, 6.45) is 3.81. The molecule has 4 nitrogen and oxygen atoms in total. The molecule has 2 aliphatic rings. The molecule has 1 unspecified atom stereocenters. The van der Waals surface area contributed by atoms with Crippen LogP contribution in [0, 0.1) is 11.3 Å². The van der Waals surface area contributed by atoms with Crippen molar-refractivity contribution in [3.05, 3.63) is 0 Å². The SMILES string of the molecule is CC(C)C(C)NC(=O)CN1CCC2(CCNCC2)C1.Cl. The summed E-state index contributed by atoms with van der Waals surface area (Å²) in [7, 11) is 0. The molecule has 0 aliphatic carbocycles. The van der Waals surface area contributed by atoms with Crippen molar-refractivity contribution in [3.63, 3.8) is 0 Å². The molecule has 1 atom stereocenters. The molecule has 0 radical (unpaired) electrons. The summed E-state index contributed by atoms with van der Waals surface area (Å²) in [6.45, 7) is 11.4. The minimum atomic E-state index is 0. The van der Waals surface area contributed by atoms with Gasteiger partial charge in [0.05, 0.1) is 6.54 Å². The van der Waals surface area contributed by atoms with Crippen molar-refractivity contribution >= 4 is 18.3 Å². The molecular formula is C15H30ClN3O. The Morgan fingerprint density at radius 3 is 2.50 bits per heavy atom. The summed E-state index contributed by atoms with van der Waals surface area (Å²) >= 11 is 0. The third-order valence-electron chi connectivity index (χ3n) is 4.94. The van der Waals surface area contributed by atoms with Crippen LogP contribution in [0.5, 0.6) is 0 Å². The average molecular weight is 304 g/mol. The van der Waals surface area contributed by atoms with Gasteiger partial charge in [0, 0.05) is 12.6 Å². The maximum Gasteiger partial charge on any atom is 0.234 e. The minimum absolute atomic E-state index is 0. The Labute approximate surface area is 129 Å². The van der Waals surface area contributed by atoms with Gasteiger partial charge in [-0.1, -0.05) is 13.8 Å². The Balaban J connectivity index is 0.00000200. The molecule has 0 aromatic heterocycles. The van der Waals surface area contributed by atoms with Crippen LogP contribution in [0.4, 0.5) is 0 Å². The topological polar surface area (TPSA) is 44.4 Å². The lowest BCUT2D eigenvalue weighted by molar-refractivity contribution is -0.123. The second-order valence-corrected chi connectivity index (χ2v) is 6.81. The lowest BCUT2D eigenvalue weighted by Gasteiger charge is -2.33. The fraction of sp³-hybridized carbons (Fsp3) is 0.933. The van der Waals surface area contributed by atoms with Crippen molar-refractivity contribution < 1.29 is 4.79 Å². The molecule has 1 amide bonds. The average Bonchev–Trinajstić information content (AvgIpc) is 2.72. The van der Waals surface area contributed by atoms with Gasteiger partial charge in [-0.05, 0) is 57.2 Å². The maximum absolute atomic E-state index is 12.0. The number of carbonyl (C=O) groups is 1. The van der Waals surface area contributed by atoms with Gasteiger partial charge in [0.2, 0.25) is 5.91 Å². The number of amides is 1. The van der Waals surface area contributed by atoms with Crippen LogP contribution in [-0.2, 0) is 4.79 Å². The van der Waals surface area contributed by atoms with Crippen molar-refractivity contribution in [3.8, 4) is 0 Å². The van der Waals surface area contributed by atoms with Gasteiger partial charge in [-0.15, -0.1) is 12.4 Å². The van der Waals surface area contributed by atoms with Gasteiger partial charge in [0.1, 0.15) is 0 Å². The third-order valence-corrected chi connectivity index (χ3v) is 4.94. The monoisotopic (exact) mass is 303 g/mol. The number of piperidine rings is 1. The molecule has 2 saturated heterocycles. The van der Waals surface area contributed by atoms with Gasteiger partial charge in [-0.25, -0.2) is 0 Å². The number of hydrogen-bond donors (Lipinski definition) is 2. The van der Waals surface area contributed by atoms with Crippen LogP contribution >= 0.6 is 12.4 Å². The van der Waals surface area contributed by atoms with E-state index in [1.54, 1.807) is 0 Å². The van der Waals surface area contributed by atoms with E-state index in [1.165, 1.54) is 19.3 Å². The van der Waals surface area contributed by atoms with Crippen LogP contribution < -0.4 is 10.6 Å². The number of nitrogens with one attached hydrogen (secondary N) is 2. The number of hydrogen-bond acceptors (Lipinski definition) is 3. The van der Waals surface area contributed by atoms with Gasteiger partial charge in [-0.2, -0.15) is 0 Å². The van der Waals surface area contributed by atoms with Gasteiger partial charge in [0.15, 0.2) is 0 Å². The highest BCUT2D eigenvalue weighted by molar-refractivity contribution is 5.85. The zero-order valence-corrected chi connectivity index (χ0v) is 13.9. The van der Waals surface area contributed by atoms with Gasteiger partial charge in [-0.3, -0.25) is 9.69 Å². The largest absolute Gasteiger partial charge is 0.352 e. The van der Waals surface area contributed by atoms with E-state index >= 15 is 0 Å². The summed E-state index contributed by atoms with van der Waals surface area (Å²) in [5, 5.41) is 6.54. The molecule has 2 fully saturated rings. The molecule has 2 N–H and O–H groups in total. The van der Waals surface area contributed by atoms with Crippen molar-refractivity contribution in [1.82, 2.24) is 15.5 Å². The summed E-state index contributed by atoms with van der Waals surface area (Å²) in [5.74, 6) is 0.686. The number of rotatable bonds is 4. The zero-order valence-electron chi connectivity index (χ0n) is 13.1. The lowest BCUT2D eigenvalue weighted by Crippen LogP contribution is -2.43. The summed E-state index contributed by atoms with van der Waals surface area (Å²) in [5.41, 5.74) is 0.495. The maximum atomic E-state index is 12.0. The van der Waals surface area contributed by atoms with Crippen molar-refractivity contribution in [2.75, 3.05) is 32.7 Å². The normalized spacial score (nSPS) is 23.6. The fourth-order valence-corrected chi connectivity index (χ4v) is 3.20. The van der Waals surface area contributed by atoms with Crippen LogP contribution in [0.25, 0.3) is 0 Å². The first-order valence-corrected chi connectivity index (χ1v) is 7.73. The molecule has 0 saturated carbocycles. The van der Waals surface area contributed by atoms with E-state index in [0.717, 1.165) is 26.2 Å². The molecule has 1 spiro atoms. The van der Waals surface area contributed by atoms with Crippen LogP contribution in [0.3, 0.4) is 0 Å². The first-order valence-electron chi connectivity index (χ1n) is 7.73. The quantitative estimate of drug-likeness (QED) is 0.830. The molecule has 0 aromatic rings. The fourth-order valence-electron chi connectivity index (χ4n) is 3.20. The second kappa shape index (κ2) is 7.62. The molecule has 2 aliphatic heterocycles. The predicted octanol–water partition coefficient (Wildman–Crippen LogP) is 1.64. The molecular weight excluding hydrogens is 274 g/mol. The van der Waals surface area contributed by atoms with E-state index in [9.17, 15) is 4.79 Å². The van der Waals surface area contributed by atoms with E-state index < -0.39 is 0 Å². The second-order valence-electron chi connectivity index (χ2n) is 6.81. The highest BCUT2D eigenvalue weighted by Crippen LogP contribution is 2.38. The van der Waals surface area contributed by atoms with Gasteiger partial charge >= 0.3 is 0 Å². The molecule has 5 heteroatoms. The van der Waals surface area contributed by atoms with Crippen LogP contribution in [0.15, 0.2) is 0 Å². The van der Waals surface area contributed by atoms with Gasteiger partial charge in [0.25, 0.3) is 0 Å². The molecule has 0 aromatic carbocycles. The highest BCUT2D eigenvalue weighted by atomic mass is 35.5. The Kier molecular flexibility index (Phi) is 6.76. The van der Waals surface area contributed by atoms with Crippen molar-refractivity contribution in [2.45, 2.75) is 46.1 Å². The van der Waals surface area contributed by atoms with E-state index in [1.807, 2.05) is 0 Å². The van der Waals surface area contributed by atoms with E-state index in [4.69, 9.17) is 0 Å². The van der Waals surface area contributed by atoms with Crippen molar-refractivity contribution in [1.29, 1.82) is 0 Å². The summed E-state index contributed by atoms with van der Waals surface area (Å²) in [6, 6.07) is 0.267.